The van der Waals surface area contributed by atoms with E-state index in [2.05, 4.69) is 0 Å². The molecule has 0 N–H and O–H groups in total. The molecule has 0 amide bonds. The van der Waals surface area contributed by atoms with E-state index in [1.54, 1.807) is 12.1 Å². The molecule has 0 heterocycles. The van der Waals surface area contributed by atoms with Crippen LogP contribution >= 0.6 is 0 Å². The number of para-hydroxylation sites is 1. The third-order valence-electron chi connectivity index (χ3n) is 1.97. The monoisotopic (exact) mass is 169 g/mol. The second kappa shape index (κ2) is 3.31. The van der Waals surface area contributed by atoms with Gasteiger partial charge in [-0.3, -0.25) is 5.11 Å². The van der Waals surface area contributed by atoms with Crippen LogP contribution in [-0.4, -0.2) is 0 Å². The minimum absolute atomic E-state index is 0.0775. The summed E-state index contributed by atoms with van der Waals surface area (Å²) in [5.41, 5.74) is 1.75. The van der Waals surface area contributed by atoms with Gasteiger partial charge in [0.05, 0.1) is 0 Å². The maximum atomic E-state index is 11.4. The fourth-order valence-corrected chi connectivity index (χ4v) is 1.32. The van der Waals surface area contributed by atoms with Crippen LogP contribution in [-0.2, 0) is 5.11 Å². The summed E-state index contributed by atoms with van der Waals surface area (Å²) in [7, 11) is 0. The Hall–Kier alpha value is -1.76. The molecule has 0 spiro atoms. The molecule has 1 heteroatoms. The molecule has 63 valence electrons. The van der Waals surface area contributed by atoms with Crippen molar-refractivity contribution in [3.8, 4) is 16.9 Å². The first kappa shape index (κ1) is 7.87. The molecule has 0 saturated carbocycles. The molecule has 0 bridgehead atoms. The number of hydrogen-bond donors (Lipinski definition) is 0. The second-order valence-electron chi connectivity index (χ2n) is 2.86. The van der Waals surface area contributed by atoms with E-state index in [-0.39, 0.29) is 5.75 Å². The van der Waals surface area contributed by atoms with Crippen LogP contribution in [0.4, 0.5) is 0 Å². The molecule has 0 aliphatic heterocycles. The Bertz CT molecular complexity index is 393. The molecule has 2 aromatic rings. The van der Waals surface area contributed by atoms with Crippen molar-refractivity contribution in [3.63, 3.8) is 0 Å². The van der Waals surface area contributed by atoms with E-state index in [1.807, 2.05) is 42.5 Å². The lowest BCUT2D eigenvalue weighted by Gasteiger charge is -2.00. The Morgan fingerprint density at radius 2 is 1.31 bits per heavy atom. The zero-order valence-corrected chi connectivity index (χ0v) is 7.10. The van der Waals surface area contributed by atoms with E-state index in [0.717, 1.165) is 11.1 Å². The summed E-state index contributed by atoms with van der Waals surface area (Å²) in [6, 6.07) is 16.8. The Labute approximate surface area is 77.3 Å². The van der Waals surface area contributed by atoms with Gasteiger partial charge in [-0.25, -0.2) is 0 Å². The lowest BCUT2D eigenvalue weighted by Crippen LogP contribution is -1.75. The van der Waals surface area contributed by atoms with Crippen molar-refractivity contribution in [1.29, 1.82) is 0 Å². The van der Waals surface area contributed by atoms with Crippen molar-refractivity contribution >= 4 is 0 Å². The van der Waals surface area contributed by atoms with Gasteiger partial charge in [0.25, 0.3) is 0 Å². The quantitative estimate of drug-likeness (QED) is 0.622. The average Bonchev–Trinajstić information content (AvgIpc) is 2.20. The molecule has 1 radical (unpaired) electrons. The van der Waals surface area contributed by atoms with E-state index < -0.39 is 0 Å². The van der Waals surface area contributed by atoms with Crippen molar-refractivity contribution < 1.29 is 5.11 Å². The van der Waals surface area contributed by atoms with E-state index in [0.29, 0.717) is 0 Å². The van der Waals surface area contributed by atoms with Crippen molar-refractivity contribution in [1.82, 2.24) is 0 Å². The largest absolute Gasteiger partial charge is 0.289 e. The first-order valence-corrected chi connectivity index (χ1v) is 4.19. The molecule has 0 aliphatic carbocycles. The highest BCUT2D eigenvalue weighted by Gasteiger charge is 2.02. The van der Waals surface area contributed by atoms with Crippen LogP contribution in [0.5, 0.6) is 5.75 Å². The standard InChI is InChI=1S/C12H9O/c13-12-9-5-4-8-11(12)10-6-2-1-3-7-10/h1-9H. The van der Waals surface area contributed by atoms with Gasteiger partial charge in [0.1, 0.15) is 0 Å². The van der Waals surface area contributed by atoms with Crippen molar-refractivity contribution in [2.45, 2.75) is 0 Å². The predicted molar refractivity (Wildman–Crippen MR) is 52.0 cm³/mol. The van der Waals surface area contributed by atoms with Crippen molar-refractivity contribution in [3.05, 3.63) is 54.6 Å². The summed E-state index contributed by atoms with van der Waals surface area (Å²) in [6.45, 7) is 0. The van der Waals surface area contributed by atoms with Gasteiger partial charge in [0, 0.05) is 5.56 Å². The lowest BCUT2D eigenvalue weighted by atomic mass is 10.1. The summed E-state index contributed by atoms with van der Waals surface area (Å²) < 4.78 is 0. The van der Waals surface area contributed by atoms with Crippen LogP contribution in [0, 0.1) is 0 Å². The van der Waals surface area contributed by atoms with Crippen LogP contribution < -0.4 is 0 Å². The van der Waals surface area contributed by atoms with Gasteiger partial charge in [0.2, 0.25) is 0 Å². The maximum absolute atomic E-state index is 11.4. The minimum atomic E-state index is 0.0775. The van der Waals surface area contributed by atoms with Gasteiger partial charge in [-0.2, -0.15) is 0 Å². The number of rotatable bonds is 1. The maximum Gasteiger partial charge on any atom is 0.186 e. The highest BCUT2D eigenvalue weighted by atomic mass is 16.3. The number of benzene rings is 2. The van der Waals surface area contributed by atoms with E-state index in [9.17, 15) is 5.11 Å². The number of hydrogen-bond acceptors (Lipinski definition) is 0. The van der Waals surface area contributed by atoms with Crippen LogP contribution in [0.1, 0.15) is 0 Å². The normalized spacial score (nSPS) is 9.85. The molecule has 0 unspecified atom stereocenters. The van der Waals surface area contributed by atoms with E-state index in [4.69, 9.17) is 0 Å². The predicted octanol–water partition coefficient (Wildman–Crippen LogP) is 3.50. The topological polar surface area (TPSA) is 19.9 Å². The lowest BCUT2D eigenvalue weighted by molar-refractivity contribution is 0.356. The molecule has 0 fully saturated rings. The molecule has 2 rings (SSSR count). The summed E-state index contributed by atoms with van der Waals surface area (Å²) in [5, 5.41) is 11.4. The molecule has 13 heavy (non-hydrogen) atoms. The van der Waals surface area contributed by atoms with Crippen molar-refractivity contribution in [2.75, 3.05) is 0 Å². The molecule has 0 aliphatic rings. The zero-order valence-electron chi connectivity index (χ0n) is 7.10. The third kappa shape index (κ3) is 1.54. The van der Waals surface area contributed by atoms with Crippen LogP contribution in [0.25, 0.3) is 11.1 Å². The molecular weight excluding hydrogens is 160 g/mol. The summed E-state index contributed by atoms with van der Waals surface area (Å²) in [5.74, 6) is 0.0775. The Kier molecular flexibility index (Phi) is 2.01. The Balaban J connectivity index is 2.54. The Morgan fingerprint density at radius 3 is 2.00 bits per heavy atom. The first-order chi connectivity index (χ1) is 6.38. The smallest absolute Gasteiger partial charge is 0.186 e. The fourth-order valence-electron chi connectivity index (χ4n) is 1.32. The highest BCUT2D eigenvalue weighted by molar-refractivity contribution is 5.69. The molecule has 0 saturated heterocycles. The average molecular weight is 169 g/mol. The van der Waals surface area contributed by atoms with Crippen molar-refractivity contribution in [2.24, 2.45) is 0 Å². The Morgan fingerprint density at radius 1 is 0.692 bits per heavy atom. The van der Waals surface area contributed by atoms with Crippen LogP contribution in [0.3, 0.4) is 0 Å². The fraction of sp³-hybridized carbons (Fsp3) is 0. The van der Waals surface area contributed by atoms with Gasteiger partial charge >= 0.3 is 0 Å². The van der Waals surface area contributed by atoms with E-state index >= 15 is 0 Å². The SMILES string of the molecule is [O]c1ccccc1-c1ccccc1. The third-order valence-corrected chi connectivity index (χ3v) is 1.97. The molecule has 2 aromatic carbocycles. The van der Waals surface area contributed by atoms with Gasteiger partial charge < -0.3 is 0 Å². The summed E-state index contributed by atoms with van der Waals surface area (Å²) >= 11 is 0. The highest BCUT2D eigenvalue weighted by Crippen LogP contribution is 2.28. The molecular formula is C12H9O. The molecule has 0 atom stereocenters. The van der Waals surface area contributed by atoms with Crippen LogP contribution in [0.15, 0.2) is 54.6 Å². The van der Waals surface area contributed by atoms with Gasteiger partial charge in [0.15, 0.2) is 5.75 Å². The van der Waals surface area contributed by atoms with Gasteiger partial charge in [-0.05, 0) is 11.6 Å². The van der Waals surface area contributed by atoms with Crippen LogP contribution in [0.2, 0.25) is 0 Å². The summed E-state index contributed by atoms with van der Waals surface area (Å²) in [6.07, 6.45) is 0. The van der Waals surface area contributed by atoms with Gasteiger partial charge in [-0.1, -0.05) is 48.5 Å². The molecule has 1 nitrogen and oxygen atoms in total. The van der Waals surface area contributed by atoms with Gasteiger partial charge in [-0.15, -0.1) is 0 Å². The first-order valence-electron chi connectivity index (χ1n) is 4.19. The minimum Gasteiger partial charge on any atom is -0.289 e. The zero-order chi connectivity index (χ0) is 9.10. The van der Waals surface area contributed by atoms with E-state index in [1.165, 1.54) is 0 Å². The summed E-state index contributed by atoms with van der Waals surface area (Å²) in [4.78, 5) is 0. The molecule has 0 aromatic heterocycles. The second-order valence-corrected chi connectivity index (χ2v) is 2.86.